The predicted molar refractivity (Wildman–Crippen MR) is 56.2 cm³/mol. The molecule has 0 aliphatic carbocycles. The van der Waals surface area contributed by atoms with Crippen LogP contribution in [0.15, 0.2) is 12.5 Å². The maximum absolute atomic E-state index is 11.4. The van der Waals surface area contributed by atoms with Gasteiger partial charge in [-0.15, -0.1) is 0 Å². The molecule has 0 radical (unpaired) electrons. The highest BCUT2D eigenvalue weighted by atomic mass is 32.2. The molecule has 0 bridgehead atoms. The van der Waals surface area contributed by atoms with Gasteiger partial charge in [0.2, 0.25) is 0 Å². The summed E-state index contributed by atoms with van der Waals surface area (Å²) in [6.45, 7) is 5.65. The van der Waals surface area contributed by atoms with Gasteiger partial charge in [0.25, 0.3) is 16.5 Å². The van der Waals surface area contributed by atoms with Crippen LogP contribution in [0.25, 0.3) is 0 Å². The van der Waals surface area contributed by atoms with E-state index in [1.54, 1.807) is 18.0 Å². The Bertz CT molecular complexity index is 323. The number of rotatable bonds is 5. The smallest absolute Gasteiger partial charge is 0.298 e. The molecule has 0 aromatic heterocycles. The van der Waals surface area contributed by atoms with Crippen molar-refractivity contribution in [3.8, 4) is 0 Å². The Labute approximate surface area is 90.8 Å². The molecular formula is C9H17NO4S. The second kappa shape index (κ2) is 4.85. The van der Waals surface area contributed by atoms with Gasteiger partial charge >= 0.3 is 0 Å². The van der Waals surface area contributed by atoms with Crippen molar-refractivity contribution in [1.29, 1.82) is 0 Å². The van der Waals surface area contributed by atoms with Crippen molar-refractivity contribution in [1.82, 2.24) is 4.90 Å². The Balaban J connectivity index is 2.59. The molecule has 5 nitrogen and oxygen atoms in total. The molecule has 1 aliphatic heterocycles. The molecule has 1 atom stereocenters. The van der Waals surface area contributed by atoms with Crippen molar-refractivity contribution in [2.24, 2.45) is 0 Å². The van der Waals surface area contributed by atoms with Crippen LogP contribution >= 0.6 is 0 Å². The van der Waals surface area contributed by atoms with E-state index in [0.717, 1.165) is 0 Å². The third-order valence-corrected chi connectivity index (χ3v) is 3.32. The molecule has 1 heterocycles. The van der Waals surface area contributed by atoms with E-state index >= 15 is 0 Å². The van der Waals surface area contributed by atoms with Crippen molar-refractivity contribution >= 4 is 10.1 Å². The van der Waals surface area contributed by atoms with Gasteiger partial charge in [0.15, 0.2) is 0 Å². The summed E-state index contributed by atoms with van der Waals surface area (Å²) in [4.78, 5) is 1.70. The van der Waals surface area contributed by atoms with Crippen LogP contribution in [0.4, 0.5) is 0 Å². The van der Waals surface area contributed by atoms with E-state index in [1.807, 2.05) is 13.8 Å². The van der Waals surface area contributed by atoms with Crippen LogP contribution in [-0.2, 0) is 19.0 Å². The van der Waals surface area contributed by atoms with Gasteiger partial charge in [0.1, 0.15) is 6.26 Å². The van der Waals surface area contributed by atoms with E-state index in [9.17, 15) is 8.42 Å². The highest BCUT2D eigenvalue weighted by Gasteiger charge is 2.28. The summed E-state index contributed by atoms with van der Waals surface area (Å²) in [6, 6.07) is 0.130. The number of nitrogens with zero attached hydrogens (tertiary/aromatic N) is 1. The van der Waals surface area contributed by atoms with E-state index < -0.39 is 16.5 Å². The van der Waals surface area contributed by atoms with Crippen molar-refractivity contribution in [2.45, 2.75) is 39.6 Å². The predicted octanol–water partition coefficient (Wildman–Crippen LogP) is 1.24. The molecule has 88 valence electrons. The first-order valence-electron chi connectivity index (χ1n) is 4.97. The van der Waals surface area contributed by atoms with E-state index in [1.165, 1.54) is 6.26 Å². The largest absolute Gasteiger partial charge is 0.452 e. The maximum Gasteiger partial charge on any atom is 0.298 e. The summed E-state index contributed by atoms with van der Waals surface area (Å²) in [5, 5.41) is 0. The fourth-order valence-corrected chi connectivity index (χ4v) is 2.22. The van der Waals surface area contributed by atoms with Crippen molar-refractivity contribution in [3.05, 3.63) is 12.5 Å². The molecular weight excluding hydrogens is 218 g/mol. The molecule has 15 heavy (non-hydrogen) atoms. The molecule has 0 amide bonds. The number of hydrogen-bond acceptors (Lipinski definition) is 5. The van der Waals surface area contributed by atoms with Gasteiger partial charge in [-0.1, -0.05) is 6.92 Å². The quantitative estimate of drug-likeness (QED) is 0.671. The van der Waals surface area contributed by atoms with E-state index in [4.69, 9.17) is 8.92 Å². The van der Waals surface area contributed by atoms with Crippen LogP contribution in [0, 0.1) is 0 Å². The van der Waals surface area contributed by atoms with E-state index in [2.05, 4.69) is 0 Å². The molecule has 1 aliphatic rings. The van der Waals surface area contributed by atoms with Crippen LogP contribution in [-0.4, -0.2) is 31.5 Å². The summed E-state index contributed by atoms with van der Waals surface area (Å²) in [7, 11) is -3.49. The van der Waals surface area contributed by atoms with Crippen LogP contribution in [0.5, 0.6) is 0 Å². The second-order valence-electron chi connectivity index (χ2n) is 3.63. The first-order valence-corrected chi connectivity index (χ1v) is 6.54. The summed E-state index contributed by atoms with van der Waals surface area (Å²) in [5.41, 5.74) is 0. The highest BCUT2D eigenvalue weighted by molar-refractivity contribution is 7.86. The highest BCUT2D eigenvalue weighted by Crippen LogP contribution is 2.18. The normalized spacial score (nSPS) is 21.1. The zero-order chi connectivity index (χ0) is 11.5. The third kappa shape index (κ3) is 3.39. The van der Waals surface area contributed by atoms with Crippen molar-refractivity contribution in [3.63, 3.8) is 0 Å². The fraction of sp³-hybridized carbons (Fsp3) is 0.778. The maximum atomic E-state index is 11.4. The van der Waals surface area contributed by atoms with Gasteiger partial charge in [-0.3, -0.25) is 0 Å². The summed E-state index contributed by atoms with van der Waals surface area (Å²) >= 11 is 0. The SMILES string of the molecule is CCCS(=O)(=O)OC1OC=CN1C(C)C. The molecule has 0 saturated carbocycles. The minimum absolute atomic E-state index is 0.0127. The first kappa shape index (κ1) is 12.3. The minimum atomic E-state index is -3.49. The molecule has 0 saturated heterocycles. The average molecular weight is 235 g/mol. The van der Waals surface area contributed by atoms with Crippen molar-refractivity contribution in [2.75, 3.05) is 5.75 Å². The monoisotopic (exact) mass is 235 g/mol. The molecule has 0 N–H and O–H groups in total. The van der Waals surface area contributed by atoms with E-state index in [-0.39, 0.29) is 11.8 Å². The van der Waals surface area contributed by atoms with Crippen LogP contribution in [0.1, 0.15) is 27.2 Å². The van der Waals surface area contributed by atoms with Gasteiger partial charge in [-0.25, -0.2) is 4.18 Å². The Morgan fingerprint density at radius 2 is 2.20 bits per heavy atom. The lowest BCUT2D eigenvalue weighted by atomic mass is 10.4. The Hall–Kier alpha value is -0.750. The molecule has 1 rings (SSSR count). The average Bonchev–Trinajstić information content (AvgIpc) is 2.50. The molecule has 1 unspecified atom stereocenters. The molecule has 0 spiro atoms. The summed E-state index contributed by atoms with van der Waals surface area (Å²) in [6.07, 6.45) is 2.80. The van der Waals surface area contributed by atoms with E-state index in [0.29, 0.717) is 6.42 Å². The van der Waals surface area contributed by atoms with Crippen LogP contribution < -0.4 is 0 Å². The number of ether oxygens (including phenoxy) is 1. The minimum Gasteiger partial charge on any atom is -0.452 e. The Kier molecular flexibility index (Phi) is 3.98. The van der Waals surface area contributed by atoms with Crippen molar-refractivity contribution < 1.29 is 17.3 Å². The number of hydrogen-bond donors (Lipinski definition) is 0. The standard InChI is InChI=1S/C9H17NO4S/c1-4-7-15(11,12)14-9-10(8(2)3)5-6-13-9/h5-6,8-9H,4,7H2,1-3H3. The topological polar surface area (TPSA) is 55.8 Å². The lowest BCUT2D eigenvalue weighted by Crippen LogP contribution is -2.37. The fourth-order valence-electron chi connectivity index (χ4n) is 1.22. The van der Waals surface area contributed by atoms with Crippen LogP contribution in [0.3, 0.4) is 0 Å². The Morgan fingerprint density at radius 1 is 1.53 bits per heavy atom. The third-order valence-electron chi connectivity index (χ3n) is 1.95. The molecule has 0 fully saturated rings. The molecule has 0 aromatic rings. The van der Waals surface area contributed by atoms with Gasteiger partial charge in [0.05, 0.1) is 5.75 Å². The lowest BCUT2D eigenvalue weighted by Gasteiger charge is -2.26. The first-order chi connectivity index (χ1) is 6.96. The lowest BCUT2D eigenvalue weighted by molar-refractivity contribution is -0.104. The molecule has 6 heteroatoms. The van der Waals surface area contributed by atoms with Gasteiger partial charge in [0, 0.05) is 12.2 Å². The van der Waals surface area contributed by atoms with Crippen LogP contribution in [0.2, 0.25) is 0 Å². The second-order valence-corrected chi connectivity index (χ2v) is 5.34. The summed E-state index contributed by atoms with van der Waals surface area (Å²) in [5.74, 6) is 0.0127. The molecule has 0 aromatic carbocycles. The Morgan fingerprint density at radius 3 is 2.73 bits per heavy atom. The van der Waals surface area contributed by atoms with Gasteiger partial charge < -0.3 is 9.64 Å². The zero-order valence-corrected chi connectivity index (χ0v) is 10.0. The summed E-state index contributed by atoms with van der Waals surface area (Å²) < 4.78 is 32.8. The zero-order valence-electron chi connectivity index (χ0n) is 9.21. The van der Waals surface area contributed by atoms with Gasteiger partial charge in [-0.2, -0.15) is 8.42 Å². The van der Waals surface area contributed by atoms with Gasteiger partial charge in [-0.05, 0) is 20.3 Å².